The van der Waals surface area contributed by atoms with Crippen LogP contribution in [-0.4, -0.2) is 50.3 Å². The molecule has 1 unspecified atom stereocenters. The van der Waals surface area contributed by atoms with Crippen molar-refractivity contribution in [2.45, 2.75) is 19.6 Å². The zero-order chi connectivity index (χ0) is 20.5. The zero-order valence-electron chi connectivity index (χ0n) is 16.8. The van der Waals surface area contributed by atoms with Gasteiger partial charge in [-0.05, 0) is 42.8 Å². The van der Waals surface area contributed by atoms with Crippen LogP contribution in [0.1, 0.15) is 24.2 Å². The highest BCUT2D eigenvalue weighted by atomic mass is 19.1. The molecule has 0 fully saturated rings. The van der Waals surface area contributed by atoms with Crippen LogP contribution in [0.2, 0.25) is 0 Å². The standard InChI is InChI=1S/C21H28FN3O3/c1-5-23-21(25(2)14-15-6-8-16(22)9-7-15)24-13-19(26)18-12-17(27-3)10-11-20(18)28-4/h6-12,19,26H,5,13-14H2,1-4H3,(H,23,24). The van der Waals surface area contributed by atoms with Crippen molar-refractivity contribution >= 4 is 5.96 Å². The minimum atomic E-state index is -0.849. The van der Waals surface area contributed by atoms with Crippen molar-refractivity contribution < 1.29 is 19.0 Å². The average Bonchev–Trinajstić information content (AvgIpc) is 2.71. The summed E-state index contributed by atoms with van der Waals surface area (Å²) < 4.78 is 23.7. The molecule has 0 bridgehead atoms. The van der Waals surface area contributed by atoms with E-state index in [1.807, 2.05) is 18.9 Å². The van der Waals surface area contributed by atoms with Crippen molar-refractivity contribution in [2.75, 3.05) is 34.4 Å². The van der Waals surface area contributed by atoms with Crippen molar-refractivity contribution in [1.82, 2.24) is 10.2 Å². The van der Waals surface area contributed by atoms with Crippen molar-refractivity contribution in [3.63, 3.8) is 0 Å². The maximum atomic E-state index is 13.1. The van der Waals surface area contributed by atoms with Gasteiger partial charge >= 0.3 is 0 Å². The Morgan fingerprint density at radius 2 is 1.89 bits per heavy atom. The second-order valence-corrected chi connectivity index (χ2v) is 6.30. The number of ether oxygens (including phenoxy) is 2. The van der Waals surface area contributed by atoms with E-state index in [9.17, 15) is 9.50 Å². The number of benzene rings is 2. The average molecular weight is 389 g/mol. The highest BCUT2D eigenvalue weighted by molar-refractivity contribution is 5.79. The molecule has 2 rings (SSSR count). The number of hydrogen-bond acceptors (Lipinski definition) is 4. The van der Waals surface area contributed by atoms with Crippen molar-refractivity contribution in [3.05, 3.63) is 59.4 Å². The molecule has 28 heavy (non-hydrogen) atoms. The van der Waals surface area contributed by atoms with Crippen molar-refractivity contribution in [3.8, 4) is 11.5 Å². The molecule has 2 N–H and O–H groups in total. The molecule has 7 heteroatoms. The Hall–Kier alpha value is -2.80. The quantitative estimate of drug-likeness (QED) is 0.537. The van der Waals surface area contributed by atoms with Gasteiger partial charge in [-0.2, -0.15) is 0 Å². The van der Waals surface area contributed by atoms with Gasteiger partial charge < -0.3 is 24.8 Å². The van der Waals surface area contributed by atoms with Crippen LogP contribution in [0.3, 0.4) is 0 Å². The number of aliphatic hydroxyl groups excluding tert-OH is 1. The van der Waals surface area contributed by atoms with E-state index in [0.29, 0.717) is 36.1 Å². The number of halogens is 1. The number of guanidine groups is 1. The molecule has 0 amide bonds. The Bertz CT molecular complexity index is 781. The summed E-state index contributed by atoms with van der Waals surface area (Å²) in [7, 11) is 5.02. The number of aliphatic imine (C=N–C) groups is 1. The third kappa shape index (κ3) is 5.85. The molecule has 0 aliphatic heterocycles. The first kappa shape index (κ1) is 21.5. The van der Waals surface area contributed by atoms with Crippen LogP contribution in [0.5, 0.6) is 11.5 Å². The van der Waals surface area contributed by atoms with Crippen LogP contribution < -0.4 is 14.8 Å². The second kappa shape index (κ2) is 10.5. The van der Waals surface area contributed by atoms with E-state index in [1.165, 1.54) is 12.1 Å². The van der Waals surface area contributed by atoms with Gasteiger partial charge in [0.2, 0.25) is 0 Å². The monoisotopic (exact) mass is 389 g/mol. The lowest BCUT2D eigenvalue weighted by molar-refractivity contribution is 0.181. The maximum Gasteiger partial charge on any atom is 0.194 e. The zero-order valence-corrected chi connectivity index (χ0v) is 16.8. The number of rotatable bonds is 8. The first-order valence-electron chi connectivity index (χ1n) is 9.12. The molecule has 0 heterocycles. The van der Waals surface area contributed by atoms with Gasteiger partial charge in [-0.15, -0.1) is 0 Å². The van der Waals surface area contributed by atoms with E-state index in [0.717, 1.165) is 5.56 Å². The fraction of sp³-hybridized carbons (Fsp3) is 0.381. The van der Waals surface area contributed by atoms with Gasteiger partial charge in [0.25, 0.3) is 0 Å². The lowest BCUT2D eigenvalue weighted by Gasteiger charge is -2.23. The van der Waals surface area contributed by atoms with Crippen LogP contribution in [0.25, 0.3) is 0 Å². The van der Waals surface area contributed by atoms with E-state index in [4.69, 9.17) is 9.47 Å². The second-order valence-electron chi connectivity index (χ2n) is 6.30. The first-order valence-corrected chi connectivity index (χ1v) is 9.12. The van der Waals surface area contributed by atoms with E-state index < -0.39 is 6.10 Å². The summed E-state index contributed by atoms with van der Waals surface area (Å²) in [6, 6.07) is 11.6. The molecule has 6 nitrogen and oxygen atoms in total. The number of methoxy groups -OCH3 is 2. The molecule has 0 spiro atoms. The van der Waals surface area contributed by atoms with Crippen LogP contribution in [0.15, 0.2) is 47.5 Å². The van der Waals surface area contributed by atoms with Gasteiger partial charge in [0, 0.05) is 25.7 Å². The molecule has 152 valence electrons. The van der Waals surface area contributed by atoms with Crippen LogP contribution in [0, 0.1) is 5.82 Å². The van der Waals surface area contributed by atoms with Gasteiger partial charge in [-0.3, -0.25) is 4.99 Å². The Labute approximate surface area is 165 Å². The summed E-state index contributed by atoms with van der Waals surface area (Å²) in [6.45, 7) is 3.37. The molecule has 0 radical (unpaired) electrons. The molecule has 0 aromatic heterocycles. The minimum absolute atomic E-state index is 0.152. The van der Waals surface area contributed by atoms with Gasteiger partial charge in [-0.25, -0.2) is 4.39 Å². The van der Waals surface area contributed by atoms with Gasteiger partial charge in [0.1, 0.15) is 23.4 Å². The highest BCUT2D eigenvalue weighted by Crippen LogP contribution is 2.29. The van der Waals surface area contributed by atoms with Crippen molar-refractivity contribution in [2.24, 2.45) is 4.99 Å². The largest absolute Gasteiger partial charge is 0.497 e. The molecule has 0 saturated heterocycles. The van der Waals surface area contributed by atoms with E-state index in [2.05, 4.69) is 10.3 Å². The molecule has 2 aromatic carbocycles. The van der Waals surface area contributed by atoms with E-state index >= 15 is 0 Å². The van der Waals surface area contributed by atoms with Crippen molar-refractivity contribution in [1.29, 1.82) is 0 Å². The Kier molecular flexibility index (Phi) is 8.07. The predicted molar refractivity (Wildman–Crippen MR) is 108 cm³/mol. The van der Waals surface area contributed by atoms with Gasteiger partial charge in [-0.1, -0.05) is 12.1 Å². The normalized spacial score (nSPS) is 12.4. The minimum Gasteiger partial charge on any atom is -0.497 e. The SMILES string of the molecule is CCNC(=NCC(O)c1cc(OC)ccc1OC)N(C)Cc1ccc(F)cc1. The third-order valence-corrected chi connectivity index (χ3v) is 4.24. The number of nitrogens with one attached hydrogen (secondary N) is 1. The summed E-state index contributed by atoms with van der Waals surface area (Å²) in [4.78, 5) is 6.47. The number of hydrogen-bond donors (Lipinski definition) is 2. The Morgan fingerprint density at radius 3 is 2.50 bits per heavy atom. The highest BCUT2D eigenvalue weighted by Gasteiger charge is 2.15. The topological polar surface area (TPSA) is 66.3 Å². The molecular weight excluding hydrogens is 361 g/mol. The van der Waals surface area contributed by atoms with Crippen LogP contribution in [0.4, 0.5) is 4.39 Å². The number of nitrogens with zero attached hydrogens (tertiary/aromatic N) is 2. The fourth-order valence-corrected chi connectivity index (χ4v) is 2.78. The summed E-state index contributed by atoms with van der Waals surface area (Å²) in [5.41, 5.74) is 1.58. The lowest BCUT2D eigenvalue weighted by Crippen LogP contribution is -2.38. The van der Waals surface area contributed by atoms with E-state index in [1.54, 1.807) is 44.6 Å². The molecule has 0 saturated carbocycles. The lowest BCUT2D eigenvalue weighted by atomic mass is 10.1. The van der Waals surface area contributed by atoms with Crippen LogP contribution >= 0.6 is 0 Å². The first-order chi connectivity index (χ1) is 13.5. The molecule has 0 aliphatic carbocycles. The fourth-order valence-electron chi connectivity index (χ4n) is 2.78. The van der Waals surface area contributed by atoms with Gasteiger partial charge in [0.05, 0.1) is 20.8 Å². The summed E-state index contributed by atoms with van der Waals surface area (Å²) in [5.74, 6) is 1.60. The smallest absolute Gasteiger partial charge is 0.194 e. The summed E-state index contributed by atoms with van der Waals surface area (Å²) >= 11 is 0. The predicted octanol–water partition coefficient (Wildman–Crippen LogP) is 2.97. The molecular formula is C21H28FN3O3. The van der Waals surface area contributed by atoms with Crippen LogP contribution in [-0.2, 0) is 6.54 Å². The Balaban J connectivity index is 2.13. The molecule has 2 aromatic rings. The Morgan fingerprint density at radius 1 is 1.18 bits per heavy atom. The van der Waals surface area contributed by atoms with Gasteiger partial charge in [0.15, 0.2) is 5.96 Å². The molecule has 1 atom stereocenters. The number of aliphatic hydroxyl groups is 1. The third-order valence-electron chi connectivity index (χ3n) is 4.24. The van der Waals surface area contributed by atoms with E-state index in [-0.39, 0.29) is 12.4 Å². The summed E-state index contributed by atoms with van der Waals surface area (Å²) in [6.07, 6.45) is -0.849. The molecule has 0 aliphatic rings. The summed E-state index contributed by atoms with van der Waals surface area (Å²) in [5, 5.41) is 13.8. The maximum absolute atomic E-state index is 13.1.